The number of benzene rings is 1. The van der Waals surface area contributed by atoms with E-state index in [1.54, 1.807) is 11.3 Å². The van der Waals surface area contributed by atoms with Gasteiger partial charge in [0.2, 0.25) is 0 Å². The van der Waals surface area contributed by atoms with Crippen LogP contribution in [0.4, 0.5) is 22.6 Å². The molecule has 0 spiro atoms. The number of para-hydroxylation sites is 1. The van der Waals surface area contributed by atoms with Crippen LogP contribution in [0.15, 0.2) is 42.6 Å². The van der Waals surface area contributed by atoms with Gasteiger partial charge in [0, 0.05) is 60.7 Å². The topological polar surface area (TPSA) is 155 Å². The fourth-order valence-corrected chi connectivity index (χ4v) is 13.0. The van der Waals surface area contributed by atoms with E-state index in [-0.39, 0.29) is 34.1 Å². The summed E-state index contributed by atoms with van der Waals surface area (Å²) < 4.78 is 10.2. The molecule has 14 heteroatoms. The monoisotopic (exact) mass is 805 g/mol. The van der Waals surface area contributed by atoms with Gasteiger partial charge < -0.3 is 30.1 Å². The lowest BCUT2D eigenvalue weighted by atomic mass is 9.39. The van der Waals surface area contributed by atoms with Gasteiger partial charge >= 0.3 is 5.97 Å². The summed E-state index contributed by atoms with van der Waals surface area (Å²) in [6.07, 6.45) is 11.0. The standard InChI is InChI=1S/C44H55N9O4S/c1-28-30-10-8-16-52(38(30)50-49-37(28)48-40-46-33-11-6-7-12-34(33)58-40)35-14-13-31(36(47-35)39(55)56)32-20-45-53(29(32)2)27-43-22-41(3)21-42(4,23-43)25-44(24-41,26-43)57-19-17-51(5)15-9-18-54/h6-7,11-14,20,54H,8-10,15-19,21-27H2,1-5H3,(H,55,56)(H,46,48,49). The van der Waals surface area contributed by atoms with Crippen molar-refractivity contribution in [3.63, 3.8) is 0 Å². The van der Waals surface area contributed by atoms with Crippen LogP contribution in [0.25, 0.3) is 21.3 Å². The second kappa shape index (κ2) is 14.6. The zero-order valence-corrected chi connectivity index (χ0v) is 35.2. The highest BCUT2D eigenvalue weighted by Gasteiger charge is 2.66. The van der Waals surface area contributed by atoms with Crippen molar-refractivity contribution < 1.29 is 19.7 Å². The first-order valence-electron chi connectivity index (χ1n) is 20.8. The van der Waals surface area contributed by atoms with Gasteiger partial charge in [0.05, 0.1) is 28.6 Å². The lowest BCUT2D eigenvalue weighted by Crippen LogP contribution is -2.64. The van der Waals surface area contributed by atoms with Crippen molar-refractivity contribution in [2.45, 2.75) is 97.6 Å². The molecule has 4 saturated carbocycles. The molecule has 5 aromatic rings. The fraction of sp³-hybridized carbons (Fsp3) is 0.545. The molecule has 1 aromatic carbocycles. The van der Waals surface area contributed by atoms with Crippen molar-refractivity contribution in [1.82, 2.24) is 34.8 Å². The van der Waals surface area contributed by atoms with E-state index in [0.29, 0.717) is 36.2 Å². The van der Waals surface area contributed by atoms with E-state index in [2.05, 4.69) is 59.0 Å². The van der Waals surface area contributed by atoms with Crippen LogP contribution in [-0.4, -0.2) is 96.5 Å². The van der Waals surface area contributed by atoms with E-state index in [1.165, 1.54) is 6.42 Å². The number of hydrogen-bond donors (Lipinski definition) is 3. The Kier molecular flexibility index (Phi) is 9.85. The predicted octanol–water partition coefficient (Wildman–Crippen LogP) is 7.94. The van der Waals surface area contributed by atoms with Crippen molar-refractivity contribution in [2.24, 2.45) is 16.2 Å². The first-order chi connectivity index (χ1) is 27.8. The van der Waals surface area contributed by atoms with Crippen molar-refractivity contribution >= 4 is 50.1 Å². The molecule has 10 rings (SSSR count). The second-order valence-electron chi connectivity index (χ2n) is 18.6. The zero-order valence-electron chi connectivity index (χ0n) is 34.3. The minimum atomic E-state index is -1.08. The number of likely N-dealkylation sites (N-methyl/N-ethyl adjacent to an activating group) is 1. The third-order valence-corrected chi connectivity index (χ3v) is 14.3. The van der Waals surface area contributed by atoms with E-state index < -0.39 is 5.97 Å². The highest BCUT2D eigenvalue weighted by atomic mass is 32.1. The van der Waals surface area contributed by atoms with Gasteiger partial charge in [-0.15, -0.1) is 10.2 Å². The summed E-state index contributed by atoms with van der Waals surface area (Å²) in [6, 6.07) is 11.8. The minimum absolute atomic E-state index is 0.00258. The van der Waals surface area contributed by atoms with E-state index in [9.17, 15) is 15.0 Å². The number of fused-ring (bicyclic) bond motifs is 2. The highest BCUT2D eigenvalue weighted by molar-refractivity contribution is 7.22. The van der Waals surface area contributed by atoms with Crippen molar-refractivity contribution in [3.8, 4) is 11.1 Å². The largest absolute Gasteiger partial charge is 0.476 e. The SMILES string of the molecule is Cc1c(Nc2nc3ccccc3s2)nnc2c1CCCN2c1ccc(-c2cnn(CC34CC5(C)CC(C)(C3)CC(OCCN(C)CCCO)(C5)C4)c2C)c(C(=O)O)n1. The van der Waals surface area contributed by atoms with Gasteiger partial charge in [-0.25, -0.2) is 14.8 Å². The first kappa shape index (κ1) is 39.0. The molecule has 4 fully saturated rings. The van der Waals surface area contributed by atoms with E-state index in [1.807, 2.05) is 48.4 Å². The summed E-state index contributed by atoms with van der Waals surface area (Å²) in [7, 11) is 2.10. The Labute approximate surface area is 343 Å². The Bertz CT molecular complexity index is 2320. The summed E-state index contributed by atoms with van der Waals surface area (Å²) in [5.41, 5.74) is 5.58. The summed E-state index contributed by atoms with van der Waals surface area (Å²) in [5, 5.41) is 38.2. The number of thiazole rings is 1. The third kappa shape index (κ3) is 7.15. The number of ether oxygens (including phenoxy) is 1. The van der Waals surface area contributed by atoms with Crippen LogP contribution in [0.5, 0.6) is 0 Å². The fourth-order valence-electron chi connectivity index (χ4n) is 12.1. The van der Waals surface area contributed by atoms with Crippen LogP contribution >= 0.6 is 11.3 Å². The molecular formula is C44H55N9O4S. The van der Waals surface area contributed by atoms with Crippen molar-refractivity contribution in [3.05, 3.63) is 65.1 Å². The maximum Gasteiger partial charge on any atom is 0.355 e. The van der Waals surface area contributed by atoms with Crippen molar-refractivity contribution in [2.75, 3.05) is 50.1 Å². The normalized spacial score (nSPS) is 26.2. The number of aliphatic hydroxyl groups is 1. The second-order valence-corrected chi connectivity index (χ2v) is 19.6. The molecule has 0 amide bonds. The van der Waals surface area contributed by atoms with E-state index in [4.69, 9.17) is 19.8 Å². The van der Waals surface area contributed by atoms with Crippen LogP contribution in [-0.2, 0) is 17.7 Å². The predicted molar refractivity (Wildman–Crippen MR) is 226 cm³/mol. The Morgan fingerprint density at radius 3 is 2.53 bits per heavy atom. The third-order valence-electron chi connectivity index (χ3n) is 13.4. The summed E-state index contributed by atoms with van der Waals surface area (Å²) >= 11 is 1.58. The number of carboxylic acids is 1. The van der Waals surface area contributed by atoms with E-state index >= 15 is 0 Å². The quantitative estimate of drug-likeness (QED) is 0.0999. The van der Waals surface area contributed by atoms with Gasteiger partial charge in [0.25, 0.3) is 0 Å². The van der Waals surface area contributed by atoms with Gasteiger partial charge in [-0.1, -0.05) is 37.3 Å². The smallest absolute Gasteiger partial charge is 0.355 e. The molecule has 306 valence electrons. The minimum Gasteiger partial charge on any atom is -0.476 e. The summed E-state index contributed by atoms with van der Waals surface area (Å²) in [4.78, 5) is 26.7. The number of nitrogens with one attached hydrogen (secondary N) is 1. The average molecular weight is 806 g/mol. The molecule has 1 aliphatic heterocycles. The van der Waals surface area contributed by atoms with Crippen LogP contribution in [0.1, 0.15) is 92.5 Å². The Morgan fingerprint density at radius 2 is 1.78 bits per heavy atom. The number of aliphatic hydroxyl groups excluding tert-OH is 1. The number of pyridine rings is 1. The first-order valence-corrected chi connectivity index (χ1v) is 21.6. The molecule has 0 saturated heterocycles. The molecule has 4 aliphatic carbocycles. The van der Waals surface area contributed by atoms with Crippen LogP contribution in [0, 0.1) is 30.1 Å². The number of aromatic nitrogens is 6. The Hall–Kier alpha value is -4.50. The number of nitrogens with zero attached hydrogens (tertiary/aromatic N) is 8. The maximum absolute atomic E-state index is 12.9. The molecule has 2 atom stereocenters. The number of anilines is 4. The Balaban J connectivity index is 0.959. The molecule has 5 heterocycles. The molecule has 13 nitrogen and oxygen atoms in total. The number of rotatable bonds is 14. The van der Waals surface area contributed by atoms with Gasteiger partial charge in [-0.3, -0.25) is 4.68 Å². The number of carboxylic acid groups (broad SMARTS) is 1. The number of hydrogen-bond acceptors (Lipinski definition) is 12. The van der Waals surface area contributed by atoms with Gasteiger partial charge in [0.1, 0.15) is 5.82 Å². The number of aromatic carboxylic acids is 1. The lowest BCUT2D eigenvalue weighted by molar-refractivity contribution is -0.248. The molecule has 3 N–H and O–H groups in total. The zero-order chi connectivity index (χ0) is 40.5. The lowest BCUT2D eigenvalue weighted by Gasteiger charge is -2.69. The number of carbonyl (C=O) groups is 1. The highest BCUT2D eigenvalue weighted by Crippen LogP contribution is 2.72. The van der Waals surface area contributed by atoms with Crippen LogP contribution < -0.4 is 10.2 Å². The molecule has 5 aliphatic rings. The molecular weight excluding hydrogens is 751 g/mol. The van der Waals surface area contributed by atoms with E-state index in [0.717, 1.165) is 109 Å². The molecule has 4 bridgehead atoms. The maximum atomic E-state index is 12.9. The average Bonchev–Trinajstić information content (AvgIpc) is 3.74. The van der Waals surface area contributed by atoms with Gasteiger partial charge in [-0.2, -0.15) is 5.10 Å². The summed E-state index contributed by atoms with van der Waals surface area (Å²) in [5.74, 6) is 0.821. The van der Waals surface area contributed by atoms with Crippen LogP contribution in [0.3, 0.4) is 0 Å². The van der Waals surface area contributed by atoms with Crippen LogP contribution in [0.2, 0.25) is 0 Å². The van der Waals surface area contributed by atoms with Gasteiger partial charge in [0.15, 0.2) is 22.5 Å². The summed E-state index contributed by atoms with van der Waals surface area (Å²) in [6.45, 7) is 13.1. The van der Waals surface area contributed by atoms with Crippen molar-refractivity contribution in [1.29, 1.82) is 0 Å². The molecule has 0 radical (unpaired) electrons. The van der Waals surface area contributed by atoms with Gasteiger partial charge in [-0.05, 0) is 119 Å². The molecule has 2 unspecified atom stereocenters. The Morgan fingerprint density at radius 1 is 0.983 bits per heavy atom. The molecule has 4 aromatic heterocycles. The molecule has 58 heavy (non-hydrogen) atoms.